The van der Waals surface area contributed by atoms with E-state index >= 15 is 0 Å². The van der Waals surface area contributed by atoms with Crippen molar-refractivity contribution in [3.8, 4) is 0 Å². The maximum Gasteiger partial charge on any atom is 0.218 e. The van der Waals surface area contributed by atoms with Crippen LogP contribution in [0.1, 0.15) is 26.7 Å². The van der Waals surface area contributed by atoms with Crippen LogP contribution >= 0.6 is 0 Å². The van der Waals surface area contributed by atoms with Gasteiger partial charge in [-0.05, 0) is 12.3 Å². The van der Waals surface area contributed by atoms with E-state index in [4.69, 9.17) is 17.2 Å². The molecule has 5 heteroatoms. The van der Waals surface area contributed by atoms with Crippen molar-refractivity contribution in [2.24, 2.45) is 33.1 Å². The van der Waals surface area contributed by atoms with E-state index in [9.17, 15) is 0 Å². The molecule has 0 aliphatic rings. The molecule has 0 saturated heterocycles. The molecule has 0 fully saturated rings. The SMILES string of the molecule is CCCC(C)CN=C(N)N=C(N)N. The van der Waals surface area contributed by atoms with Gasteiger partial charge >= 0.3 is 0 Å². The van der Waals surface area contributed by atoms with E-state index in [1.807, 2.05) is 0 Å². The molecule has 0 rings (SSSR count). The summed E-state index contributed by atoms with van der Waals surface area (Å²) in [5, 5.41) is 0. The average Bonchev–Trinajstić information content (AvgIpc) is 2.00. The van der Waals surface area contributed by atoms with Crippen molar-refractivity contribution in [3.05, 3.63) is 0 Å². The van der Waals surface area contributed by atoms with Crippen LogP contribution in [0.25, 0.3) is 0 Å². The summed E-state index contributed by atoms with van der Waals surface area (Å²) in [6.45, 7) is 4.94. The fraction of sp³-hybridized carbons (Fsp3) is 0.750. The highest BCUT2D eigenvalue weighted by atomic mass is 15.1. The zero-order valence-electron chi connectivity index (χ0n) is 8.33. The van der Waals surface area contributed by atoms with Gasteiger partial charge in [0, 0.05) is 6.54 Å². The predicted molar refractivity (Wildman–Crippen MR) is 56.4 cm³/mol. The lowest BCUT2D eigenvalue weighted by Gasteiger charge is -2.05. The fourth-order valence-electron chi connectivity index (χ4n) is 1.00. The maximum atomic E-state index is 5.42. The monoisotopic (exact) mass is 185 g/mol. The van der Waals surface area contributed by atoms with Gasteiger partial charge in [0.2, 0.25) is 5.96 Å². The zero-order valence-corrected chi connectivity index (χ0v) is 8.33. The van der Waals surface area contributed by atoms with E-state index in [1.54, 1.807) is 0 Å². The number of nitrogens with two attached hydrogens (primary N) is 3. The maximum absolute atomic E-state index is 5.42. The first kappa shape index (κ1) is 11.7. The minimum atomic E-state index is -0.0515. The highest BCUT2D eigenvalue weighted by molar-refractivity contribution is 5.92. The van der Waals surface area contributed by atoms with Gasteiger partial charge in [-0.1, -0.05) is 20.3 Å². The minimum Gasteiger partial charge on any atom is -0.370 e. The molecule has 0 heterocycles. The third-order valence-corrected chi connectivity index (χ3v) is 1.59. The van der Waals surface area contributed by atoms with Crippen molar-refractivity contribution >= 4 is 11.9 Å². The fourth-order valence-corrected chi connectivity index (χ4v) is 1.00. The van der Waals surface area contributed by atoms with Crippen LogP contribution in [0.2, 0.25) is 0 Å². The van der Waals surface area contributed by atoms with Crippen molar-refractivity contribution in [3.63, 3.8) is 0 Å². The van der Waals surface area contributed by atoms with Gasteiger partial charge in [0.1, 0.15) is 0 Å². The molecular formula is C8H19N5. The number of guanidine groups is 2. The van der Waals surface area contributed by atoms with Crippen molar-refractivity contribution < 1.29 is 0 Å². The van der Waals surface area contributed by atoms with Crippen LogP contribution in [0.3, 0.4) is 0 Å². The van der Waals surface area contributed by atoms with Crippen molar-refractivity contribution in [1.82, 2.24) is 0 Å². The van der Waals surface area contributed by atoms with Gasteiger partial charge in [-0.2, -0.15) is 4.99 Å². The molecule has 1 atom stereocenters. The number of rotatable bonds is 4. The van der Waals surface area contributed by atoms with E-state index in [2.05, 4.69) is 23.8 Å². The summed E-state index contributed by atoms with van der Waals surface area (Å²) in [5.41, 5.74) is 15.7. The Morgan fingerprint density at radius 3 is 2.38 bits per heavy atom. The molecule has 0 radical (unpaired) electrons. The van der Waals surface area contributed by atoms with E-state index < -0.39 is 0 Å². The molecule has 0 aliphatic carbocycles. The molecule has 0 aromatic carbocycles. The highest BCUT2D eigenvalue weighted by Gasteiger charge is 1.98. The summed E-state index contributed by atoms with van der Waals surface area (Å²) in [5.74, 6) is 0.630. The summed E-state index contributed by atoms with van der Waals surface area (Å²) < 4.78 is 0. The number of hydrogen-bond acceptors (Lipinski definition) is 1. The first-order chi connectivity index (χ1) is 6.06. The molecule has 0 spiro atoms. The van der Waals surface area contributed by atoms with E-state index in [1.165, 1.54) is 0 Å². The molecule has 13 heavy (non-hydrogen) atoms. The Labute approximate surface area is 79.1 Å². The molecule has 5 nitrogen and oxygen atoms in total. The summed E-state index contributed by atoms with van der Waals surface area (Å²) in [6, 6.07) is 0. The smallest absolute Gasteiger partial charge is 0.218 e. The van der Waals surface area contributed by atoms with Crippen LogP contribution in [-0.2, 0) is 0 Å². The van der Waals surface area contributed by atoms with Gasteiger partial charge < -0.3 is 17.2 Å². The Balaban J connectivity index is 3.89. The molecule has 0 aliphatic heterocycles. The third kappa shape index (κ3) is 7.11. The Kier molecular flexibility index (Phi) is 5.67. The molecule has 0 saturated carbocycles. The van der Waals surface area contributed by atoms with E-state index in [0.717, 1.165) is 12.8 Å². The van der Waals surface area contributed by atoms with Gasteiger partial charge in [0.15, 0.2) is 5.96 Å². The normalized spacial score (nSPS) is 13.8. The third-order valence-electron chi connectivity index (χ3n) is 1.59. The van der Waals surface area contributed by atoms with Crippen LogP contribution in [0.5, 0.6) is 0 Å². The van der Waals surface area contributed by atoms with Crippen molar-refractivity contribution in [1.29, 1.82) is 0 Å². The summed E-state index contributed by atoms with van der Waals surface area (Å²) >= 11 is 0. The Bertz CT molecular complexity index is 193. The predicted octanol–water partition coefficient (Wildman–Crippen LogP) is 0.0107. The minimum absolute atomic E-state index is 0.0515. The second-order valence-corrected chi connectivity index (χ2v) is 3.13. The van der Waals surface area contributed by atoms with Crippen molar-refractivity contribution in [2.45, 2.75) is 26.7 Å². The molecule has 76 valence electrons. The molecule has 0 bridgehead atoms. The largest absolute Gasteiger partial charge is 0.370 e. The summed E-state index contributed by atoms with van der Waals surface area (Å²) in [4.78, 5) is 7.64. The van der Waals surface area contributed by atoms with Gasteiger partial charge in [0.05, 0.1) is 0 Å². The summed E-state index contributed by atoms with van der Waals surface area (Å²) in [7, 11) is 0. The van der Waals surface area contributed by atoms with Crippen LogP contribution < -0.4 is 17.2 Å². The van der Waals surface area contributed by atoms with Crippen LogP contribution in [0.4, 0.5) is 0 Å². The second-order valence-electron chi connectivity index (χ2n) is 3.13. The number of hydrogen-bond donors (Lipinski definition) is 3. The van der Waals surface area contributed by atoms with E-state index in [-0.39, 0.29) is 11.9 Å². The van der Waals surface area contributed by atoms with Gasteiger partial charge in [-0.25, -0.2) is 0 Å². The van der Waals surface area contributed by atoms with Crippen LogP contribution in [-0.4, -0.2) is 18.5 Å². The number of nitrogens with zero attached hydrogens (tertiary/aromatic N) is 2. The topological polar surface area (TPSA) is 103 Å². The number of aliphatic imine (C=N–C) groups is 2. The summed E-state index contributed by atoms with van der Waals surface area (Å²) in [6.07, 6.45) is 2.29. The Morgan fingerprint density at radius 2 is 1.92 bits per heavy atom. The van der Waals surface area contributed by atoms with Gasteiger partial charge in [-0.15, -0.1) is 0 Å². The molecule has 0 aromatic rings. The lowest BCUT2D eigenvalue weighted by Crippen LogP contribution is -2.26. The highest BCUT2D eigenvalue weighted by Crippen LogP contribution is 2.04. The molecule has 0 amide bonds. The molecule has 1 unspecified atom stereocenters. The van der Waals surface area contributed by atoms with Gasteiger partial charge in [-0.3, -0.25) is 4.99 Å². The van der Waals surface area contributed by atoms with Crippen molar-refractivity contribution in [2.75, 3.05) is 6.54 Å². The van der Waals surface area contributed by atoms with Gasteiger partial charge in [0.25, 0.3) is 0 Å². The zero-order chi connectivity index (χ0) is 10.3. The molecular weight excluding hydrogens is 166 g/mol. The lowest BCUT2D eigenvalue weighted by atomic mass is 10.1. The first-order valence-electron chi connectivity index (χ1n) is 4.45. The average molecular weight is 185 g/mol. The second kappa shape index (κ2) is 6.28. The Morgan fingerprint density at radius 1 is 1.31 bits per heavy atom. The van der Waals surface area contributed by atoms with Crippen LogP contribution in [0, 0.1) is 5.92 Å². The van der Waals surface area contributed by atoms with Crippen LogP contribution in [0.15, 0.2) is 9.98 Å². The quantitative estimate of drug-likeness (QED) is 0.424. The lowest BCUT2D eigenvalue weighted by molar-refractivity contribution is 0.537. The first-order valence-corrected chi connectivity index (χ1v) is 4.45. The Hall–Kier alpha value is -1.26. The standard InChI is InChI=1S/C8H19N5/c1-3-4-6(2)5-12-8(11)13-7(9)10/h6H,3-5H2,1-2H3,(H6,9,10,11,12,13). The van der Waals surface area contributed by atoms with E-state index in [0.29, 0.717) is 12.5 Å². The molecule has 0 aromatic heterocycles. The molecule has 6 N–H and O–H groups in total.